The SMILES string of the molecule is O=P([O-])(O)O.[H].[K+]. The molecule has 0 unspecified atom stereocenters. The first-order chi connectivity index (χ1) is 2.00. The molecule has 0 aromatic heterocycles. The van der Waals surface area contributed by atoms with Gasteiger partial charge < -0.3 is 14.7 Å². The summed E-state index contributed by atoms with van der Waals surface area (Å²) in [6.45, 7) is 0. The summed E-state index contributed by atoms with van der Waals surface area (Å²) < 4.78 is 8.77. The normalized spacial score (nSPS) is 9.83. The zero-order valence-electron chi connectivity index (χ0n) is 4.16. The van der Waals surface area contributed by atoms with E-state index in [1.165, 1.54) is 0 Å². The Bertz CT molecular complexity index is 57.8. The molecule has 0 aliphatic rings. The van der Waals surface area contributed by atoms with Gasteiger partial charge in [0, 0.05) is 1.43 Å². The first-order valence-electron chi connectivity index (χ1n) is 0.765. The number of hydrogen-bond donors (Lipinski definition) is 2. The number of phosphoric acid groups is 1. The van der Waals surface area contributed by atoms with E-state index in [9.17, 15) is 0 Å². The van der Waals surface area contributed by atoms with Crippen molar-refractivity contribution >= 4 is 7.82 Å². The topological polar surface area (TPSA) is 80.6 Å². The third-order valence-corrected chi connectivity index (χ3v) is 0. The van der Waals surface area contributed by atoms with E-state index in [1.807, 2.05) is 0 Å². The molecule has 0 aliphatic carbocycles. The molecule has 0 atom stereocenters. The van der Waals surface area contributed by atoms with E-state index in [2.05, 4.69) is 0 Å². The smallest absolute Gasteiger partial charge is 0.756 e. The van der Waals surface area contributed by atoms with Crippen molar-refractivity contribution in [3.05, 3.63) is 0 Å². The van der Waals surface area contributed by atoms with Crippen molar-refractivity contribution in [3.63, 3.8) is 0 Å². The van der Waals surface area contributed by atoms with E-state index >= 15 is 0 Å². The molecule has 0 aliphatic heterocycles. The molecule has 0 aromatic rings. The van der Waals surface area contributed by atoms with Crippen LogP contribution in [0.4, 0.5) is 0 Å². The van der Waals surface area contributed by atoms with Gasteiger partial charge in [-0.25, -0.2) is 0 Å². The second-order valence-electron chi connectivity index (χ2n) is 0.491. The van der Waals surface area contributed by atoms with Crippen LogP contribution in [0.5, 0.6) is 0 Å². The van der Waals surface area contributed by atoms with E-state index in [-0.39, 0.29) is 52.8 Å². The van der Waals surface area contributed by atoms with Crippen LogP contribution in [-0.4, -0.2) is 9.79 Å². The zero-order chi connectivity index (χ0) is 4.50. The third kappa shape index (κ3) is 42.4. The van der Waals surface area contributed by atoms with Crippen molar-refractivity contribution < 1.29 is 72.1 Å². The van der Waals surface area contributed by atoms with Crippen LogP contribution in [0, 0.1) is 0 Å². The molecule has 0 fully saturated rings. The summed E-state index contributed by atoms with van der Waals surface area (Å²) in [5.41, 5.74) is 0. The Morgan fingerprint density at radius 2 is 1.67 bits per heavy atom. The second kappa shape index (κ2) is 3.71. The molecule has 0 bridgehead atoms. The van der Waals surface area contributed by atoms with E-state index in [1.54, 1.807) is 0 Å². The summed E-state index contributed by atoms with van der Waals surface area (Å²) in [4.78, 5) is 22.9. The number of hydrogen-bond acceptors (Lipinski definition) is 2. The van der Waals surface area contributed by atoms with Crippen molar-refractivity contribution in [1.82, 2.24) is 0 Å². The average Bonchev–Trinajstić information content (AvgIpc) is 0.722. The van der Waals surface area contributed by atoms with Gasteiger partial charge >= 0.3 is 51.4 Å². The van der Waals surface area contributed by atoms with Crippen LogP contribution >= 0.6 is 7.82 Å². The molecule has 0 rings (SSSR count). The van der Waals surface area contributed by atoms with Crippen LogP contribution in [0.3, 0.4) is 0 Å². The molecule has 6 heteroatoms. The molecule has 0 heterocycles. The fourth-order valence-electron chi connectivity index (χ4n) is 0. The Balaban J connectivity index is -0.0000000800. The van der Waals surface area contributed by atoms with Gasteiger partial charge in [-0.1, -0.05) is 0 Å². The van der Waals surface area contributed by atoms with E-state index < -0.39 is 7.82 Å². The molecule has 4 nitrogen and oxygen atoms in total. The van der Waals surface area contributed by atoms with Gasteiger partial charge in [-0.15, -0.1) is 0 Å². The van der Waals surface area contributed by atoms with Gasteiger partial charge in [-0.2, -0.15) is 0 Å². The predicted molar refractivity (Wildman–Crippen MR) is 13.2 cm³/mol. The Morgan fingerprint density at radius 3 is 1.67 bits per heavy atom. The molecule has 6 heavy (non-hydrogen) atoms. The van der Waals surface area contributed by atoms with Gasteiger partial charge in [-0.05, 0) is 0 Å². The summed E-state index contributed by atoms with van der Waals surface area (Å²) in [6, 6.07) is 0. The van der Waals surface area contributed by atoms with Crippen molar-refractivity contribution in [2.75, 3.05) is 0 Å². The maximum atomic E-state index is 8.77. The maximum absolute atomic E-state index is 8.77. The largest absolute Gasteiger partial charge is 1.00 e. The second-order valence-corrected chi connectivity index (χ2v) is 1.47. The summed E-state index contributed by atoms with van der Waals surface area (Å²) >= 11 is 0. The Kier molecular flexibility index (Phi) is 6.61. The molecule has 0 amide bonds. The van der Waals surface area contributed by atoms with Crippen molar-refractivity contribution in [2.45, 2.75) is 0 Å². The quantitative estimate of drug-likeness (QED) is 0.261. The van der Waals surface area contributed by atoms with Gasteiger partial charge in [0.15, 0.2) is 0 Å². The monoisotopic (exact) mass is 137 g/mol. The molecule has 33 valence electrons. The first-order valence-corrected chi connectivity index (χ1v) is 2.30. The summed E-state index contributed by atoms with van der Waals surface area (Å²) in [5, 5.41) is 0. The molecule has 1 radical (unpaired) electrons. The van der Waals surface area contributed by atoms with Gasteiger partial charge in [0.05, 0.1) is 0 Å². The van der Waals surface area contributed by atoms with Gasteiger partial charge in [0.2, 0.25) is 0 Å². The van der Waals surface area contributed by atoms with Crippen LogP contribution in [0.25, 0.3) is 0 Å². The Morgan fingerprint density at radius 1 is 1.67 bits per heavy atom. The predicted octanol–water partition coefficient (Wildman–Crippen LogP) is -4.44. The first kappa shape index (κ1) is 10.7. The summed E-state index contributed by atoms with van der Waals surface area (Å²) in [5.74, 6) is 0. The zero-order valence-corrected chi connectivity index (χ0v) is 7.18. The molecule has 0 spiro atoms. The van der Waals surface area contributed by atoms with Crippen molar-refractivity contribution in [2.24, 2.45) is 0 Å². The average molecular weight is 137 g/mol. The van der Waals surface area contributed by atoms with E-state index in [0.29, 0.717) is 0 Å². The van der Waals surface area contributed by atoms with E-state index in [4.69, 9.17) is 19.2 Å². The molecule has 0 saturated carbocycles. The molecule has 2 N–H and O–H groups in total. The molecule has 0 saturated heterocycles. The molecular formula is H3KO4P. The minimum atomic E-state index is -4.89. The van der Waals surface area contributed by atoms with Crippen molar-refractivity contribution in [3.8, 4) is 0 Å². The summed E-state index contributed by atoms with van der Waals surface area (Å²) in [7, 11) is -4.89. The minimum absolute atomic E-state index is 0. The Hall–Kier alpha value is 1.75. The van der Waals surface area contributed by atoms with Crippen LogP contribution in [0.15, 0.2) is 0 Å². The van der Waals surface area contributed by atoms with Crippen LogP contribution in [0.1, 0.15) is 1.43 Å². The van der Waals surface area contributed by atoms with Crippen molar-refractivity contribution in [1.29, 1.82) is 0 Å². The standard InChI is InChI=1S/K.H3O4P.H/c;1-5(2,3)4;/h;(H3,1,2,3,4);/q+1;;/p-1. The Labute approximate surface area is 78.7 Å². The minimum Gasteiger partial charge on any atom is -0.756 e. The van der Waals surface area contributed by atoms with Crippen LogP contribution in [-0.2, 0) is 4.57 Å². The fraction of sp³-hybridized carbons (Fsp3) is 0. The summed E-state index contributed by atoms with van der Waals surface area (Å²) in [6.07, 6.45) is 0. The van der Waals surface area contributed by atoms with Gasteiger partial charge in [0.25, 0.3) is 7.82 Å². The fourth-order valence-corrected chi connectivity index (χ4v) is 0. The van der Waals surface area contributed by atoms with Gasteiger partial charge in [0.1, 0.15) is 0 Å². The van der Waals surface area contributed by atoms with Crippen LogP contribution < -0.4 is 56.3 Å². The van der Waals surface area contributed by atoms with Crippen LogP contribution in [0.2, 0.25) is 0 Å². The molecule has 0 aromatic carbocycles. The maximum Gasteiger partial charge on any atom is 1.00 e. The molecular weight excluding hydrogens is 134 g/mol. The number of rotatable bonds is 0. The van der Waals surface area contributed by atoms with Gasteiger partial charge in [-0.3, -0.25) is 4.57 Å². The van der Waals surface area contributed by atoms with E-state index in [0.717, 1.165) is 0 Å². The third-order valence-electron chi connectivity index (χ3n) is 0.